The molecule has 0 saturated carbocycles. The Hall–Kier alpha value is -2.31. The van der Waals surface area contributed by atoms with E-state index in [9.17, 15) is 4.79 Å². The maximum atomic E-state index is 12.1. The molecule has 2 heterocycles. The first kappa shape index (κ1) is 14.6. The minimum Gasteiger partial charge on any atom is -0.334 e. The predicted octanol–water partition coefficient (Wildman–Crippen LogP) is 3.92. The van der Waals surface area contributed by atoms with Crippen LogP contribution in [0.25, 0.3) is 11.0 Å². The summed E-state index contributed by atoms with van der Waals surface area (Å²) in [5.74, 6) is 0.301. The van der Waals surface area contributed by atoms with Crippen molar-refractivity contribution in [1.29, 1.82) is 0 Å². The van der Waals surface area contributed by atoms with Crippen molar-refractivity contribution in [2.45, 2.75) is 0 Å². The van der Waals surface area contributed by atoms with Crippen LogP contribution in [0.2, 0.25) is 10.2 Å². The summed E-state index contributed by atoms with van der Waals surface area (Å²) in [6.45, 7) is 0. The van der Waals surface area contributed by atoms with Crippen molar-refractivity contribution < 1.29 is 4.79 Å². The van der Waals surface area contributed by atoms with Crippen LogP contribution in [0.5, 0.6) is 0 Å². The molecule has 0 radical (unpaired) electrons. The van der Waals surface area contributed by atoms with Gasteiger partial charge in [-0.3, -0.25) is 5.32 Å². The number of hydrogen-bond donors (Lipinski definition) is 2. The van der Waals surface area contributed by atoms with Crippen LogP contribution in [-0.4, -0.2) is 20.6 Å². The number of aryl methyl sites for hydroxylation is 1. The van der Waals surface area contributed by atoms with Crippen molar-refractivity contribution in [3.8, 4) is 0 Å². The molecule has 3 aromatic rings. The van der Waals surface area contributed by atoms with Gasteiger partial charge in [0, 0.05) is 23.8 Å². The van der Waals surface area contributed by atoms with Gasteiger partial charge in [0.15, 0.2) is 5.82 Å². The number of anilines is 2. The second-order valence-corrected chi connectivity index (χ2v) is 5.43. The summed E-state index contributed by atoms with van der Waals surface area (Å²) in [4.78, 5) is 20.4. The topological polar surface area (TPSA) is 71.8 Å². The molecule has 0 aliphatic heterocycles. The van der Waals surface area contributed by atoms with E-state index in [0.717, 1.165) is 5.52 Å². The largest absolute Gasteiger partial charge is 0.334 e. The smallest absolute Gasteiger partial charge is 0.324 e. The second kappa shape index (κ2) is 5.82. The van der Waals surface area contributed by atoms with Gasteiger partial charge in [0.05, 0.1) is 11.8 Å². The van der Waals surface area contributed by atoms with E-state index in [1.807, 2.05) is 7.05 Å². The number of benzene rings is 1. The fraction of sp³-hybridized carbons (Fsp3) is 0.0714. The van der Waals surface area contributed by atoms with Crippen molar-refractivity contribution in [1.82, 2.24) is 14.5 Å². The molecule has 112 valence electrons. The Morgan fingerprint density at radius 2 is 1.91 bits per heavy atom. The fourth-order valence-corrected chi connectivity index (χ4v) is 2.30. The van der Waals surface area contributed by atoms with Crippen LogP contribution in [0.3, 0.4) is 0 Å². The highest BCUT2D eigenvalue weighted by molar-refractivity contribution is 6.31. The first-order chi connectivity index (χ1) is 10.5. The molecule has 22 heavy (non-hydrogen) atoms. The number of halogens is 2. The van der Waals surface area contributed by atoms with Gasteiger partial charge in [-0.25, -0.2) is 14.8 Å². The summed E-state index contributed by atoms with van der Waals surface area (Å²) in [7, 11) is 1.84. The number of nitrogens with one attached hydrogen (secondary N) is 2. The Balaban J connectivity index is 1.83. The third kappa shape index (κ3) is 2.98. The van der Waals surface area contributed by atoms with Crippen LogP contribution in [0.1, 0.15) is 0 Å². The van der Waals surface area contributed by atoms with E-state index in [0.29, 0.717) is 22.0 Å². The summed E-state index contributed by atoms with van der Waals surface area (Å²) >= 11 is 11.8. The number of carbonyl (C=O) groups is 1. The van der Waals surface area contributed by atoms with Gasteiger partial charge in [0.25, 0.3) is 0 Å². The van der Waals surface area contributed by atoms with Crippen LogP contribution < -0.4 is 10.6 Å². The van der Waals surface area contributed by atoms with Crippen molar-refractivity contribution in [2.75, 3.05) is 10.6 Å². The normalized spacial score (nSPS) is 10.7. The predicted molar refractivity (Wildman–Crippen MR) is 87.6 cm³/mol. The molecule has 6 nitrogen and oxygen atoms in total. The molecule has 0 unspecified atom stereocenters. The molecule has 2 aromatic heterocycles. The van der Waals surface area contributed by atoms with Crippen LogP contribution >= 0.6 is 23.2 Å². The minimum absolute atomic E-state index is 0.276. The number of hydrogen-bond acceptors (Lipinski definition) is 3. The molecule has 0 aliphatic carbocycles. The molecule has 0 bridgehead atoms. The number of rotatable bonds is 2. The number of nitrogens with zero attached hydrogens (tertiary/aromatic N) is 3. The number of aromatic nitrogens is 3. The molecular formula is C14H11Cl2N5O. The zero-order valence-electron chi connectivity index (χ0n) is 11.5. The van der Waals surface area contributed by atoms with Crippen LogP contribution in [-0.2, 0) is 7.05 Å². The molecule has 1 aromatic carbocycles. The van der Waals surface area contributed by atoms with E-state index in [1.165, 1.54) is 0 Å². The molecule has 8 heteroatoms. The summed E-state index contributed by atoms with van der Waals surface area (Å²) in [5, 5.41) is 6.20. The first-order valence-electron chi connectivity index (χ1n) is 6.34. The number of amides is 2. The molecule has 0 fully saturated rings. The Bertz CT molecular complexity index is 844. The van der Waals surface area contributed by atoms with E-state index >= 15 is 0 Å². The third-order valence-electron chi connectivity index (χ3n) is 3.02. The van der Waals surface area contributed by atoms with Crippen molar-refractivity contribution in [2.24, 2.45) is 7.05 Å². The molecule has 2 amide bonds. The Labute approximate surface area is 136 Å². The Kier molecular flexibility index (Phi) is 3.87. The van der Waals surface area contributed by atoms with Gasteiger partial charge in [0.2, 0.25) is 0 Å². The van der Waals surface area contributed by atoms with Gasteiger partial charge >= 0.3 is 6.03 Å². The monoisotopic (exact) mass is 335 g/mol. The van der Waals surface area contributed by atoms with Gasteiger partial charge in [0.1, 0.15) is 10.7 Å². The van der Waals surface area contributed by atoms with Crippen molar-refractivity contribution >= 4 is 51.8 Å². The molecule has 0 spiro atoms. The highest BCUT2D eigenvalue weighted by atomic mass is 35.5. The van der Waals surface area contributed by atoms with E-state index in [-0.39, 0.29) is 5.15 Å². The average molecular weight is 336 g/mol. The highest BCUT2D eigenvalue weighted by Crippen LogP contribution is 2.23. The van der Waals surface area contributed by atoms with Gasteiger partial charge in [-0.15, -0.1) is 0 Å². The quantitative estimate of drug-likeness (QED) is 0.697. The summed E-state index contributed by atoms with van der Waals surface area (Å²) in [6.07, 6.45) is 1.63. The lowest BCUT2D eigenvalue weighted by Gasteiger charge is -2.08. The second-order valence-electron chi connectivity index (χ2n) is 4.60. The number of fused-ring (bicyclic) bond motifs is 1. The van der Waals surface area contributed by atoms with Gasteiger partial charge in [-0.1, -0.05) is 23.2 Å². The fourth-order valence-electron chi connectivity index (χ4n) is 1.99. The molecule has 0 atom stereocenters. The molecular weight excluding hydrogens is 325 g/mol. The highest BCUT2D eigenvalue weighted by Gasteiger charge is 2.12. The number of urea groups is 1. The summed E-state index contributed by atoms with van der Waals surface area (Å²) < 4.78 is 1.80. The molecule has 3 rings (SSSR count). The third-order valence-corrected chi connectivity index (χ3v) is 3.46. The standard InChI is InChI=1S/C14H11Cl2N5O/c1-21-7-17-12-10(21)6-11(16)19-13(12)20-14(22)18-9-4-2-8(15)3-5-9/h2-7H,1H3,(H2,18,19,20,22). The van der Waals surface area contributed by atoms with Crippen LogP contribution in [0, 0.1) is 0 Å². The molecule has 2 N–H and O–H groups in total. The maximum Gasteiger partial charge on any atom is 0.324 e. The minimum atomic E-state index is -0.441. The molecule has 0 saturated heterocycles. The summed E-state index contributed by atoms with van der Waals surface area (Å²) in [5.41, 5.74) is 1.96. The number of carbonyl (C=O) groups excluding carboxylic acids is 1. The van der Waals surface area contributed by atoms with Gasteiger partial charge in [-0.05, 0) is 24.3 Å². The molecule has 0 aliphatic rings. The lowest BCUT2D eigenvalue weighted by molar-refractivity contribution is 0.262. The Morgan fingerprint density at radius 1 is 1.18 bits per heavy atom. The van der Waals surface area contributed by atoms with Gasteiger partial charge in [-0.2, -0.15) is 0 Å². The lowest BCUT2D eigenvalue weighted by Crippen LogP contribution is -2.20. The maximum absolute atomic E-state index is 12.1. The summed E-state index contributed by atoms with van der Waals surface area (Å²) in [6, 6.07) is 8.01. The Morgan fingerprint density at radius 3 is 2.64 bits per heavy atom. The van der Waals surface area contributed by atoms with Crippen molar-refractivity contribution in [3.63, 3.8) is 0 Å². The van der Waals surface area contributed by atoms with E-state index in [2.05, 4.69) is 20.6 Å². The van der Waals surface area contributed by atoms with E-state index in [1.54, 1.807) is 41.2 Å². The first-order valence-corrected chi connectivity index (χ1v) is 7.09. The zero-order chi connectivity index (χ0) is 15.7. The van der Waals surface area contributed by atoms with E-state index in [4.69, 9.17) is 23.2 Å². The lowest BCUT2D eigenvalue weighted by atomic mass is 10.3. The zero-order valence-corrected chi connectivity index (χ0v) is 13.0. The SMILES string of the molecule is Cn1cnc2c(NC(=O)Nc3ccc(Cl)cc3)nc(Cl)cc21. The van der Waals surface area contributed by atoms with E-state index < -0.39 is 6.03 Å². The van der Waals surface area contributed by atoms with Crippen LogP contribution in [0.15, 0.2) is 36.7 Å². The van der Waals surface area contributed by atoms with Gasteiger partial charge < -0.3 is 9.88 Å². The van der Waals surface area contributed by atoms with Crippen molar-refractivity contribution in [3.05, 3.63) is 46.8 Å². The average Bonchev–Trinajstić information content (AvgIpc) is 2.83. The number of pyridine rings is 1. The van der Waals surface area contributed by atoms with Crippen LogP contribution in [0.4, 0.5) is 16.3 Å². The number of imidazole rings is 1.